The summed E-state index contributed by atoms with van der Waals surface area (Å²) in [6.45, 7) is -0.131. The first-order chi connectivity index (χ1) is 12.0. The molecule has 1 saturated carbocycles. The summed E-state index contributed by atoms with van der Waals surface area (Å²) < 4.78 is 32.4. The summed E-state index contributed by atoms with van der Waals surface area (Å²) in [5, 5.41) is 8.26. The third kappa shape index (κ3) is 2.61. The predicted molar refractivity (Wildman–Crippen MR) is 88.7 cm³/mol. The Kier molecular flexibility index (Phi) is 3.98. The summed E-state index contributed by atoms with van der Waals surface area (Å²) in [5.74, 6) is -0.622. The van der Waals surface area contributed by atoms with Crippen molar-refractivity contribution in [1.82, 2.24) is 14.8 Å². The first-order valence-electron chi connectivity index (χ1n) is 8.27. The van der Waals surface area contributed by atoms with Crippen molar-refractivity contribution < 1.29 is 13.6 Å². The second-order valence-corrected chi connectivity index (χ2v) is 7.04. The van der Waals surface area contributed by atoms with Crippen molar-refractivity contribution >= 4 is 17.3 Å². The number of aromatic nitrogens is 3. The number of benzene rings is 1. The lowest BCUT2D eigenvalue weighted by atomic mass is 9.70. The predicted octanol–water partition coefficient (Wildman–Crippen LogP) is 3.92. The van der Waals surface area contributed by atoms with Crippen LogP contribution in [0.25, 0.3) is 0 Å². The highest BCUT2D eigenvalue weighted by molar-refractivity contribution is 6.30. The van der Waals surface area contributed by atoms with Gasteiger partial charge in [0, 0.05) is 10.6 Å². The maximum atomic E-state index is 16.5. The van der Waals surface area contributed by atoms with Crippen molar-refractivity contribution in [3.63, 3.8) is 0 Å². The van der Waals surface area contributed by atoms with Crippen LogP contribution in [0.3, 0.4) is 0 Å². The van der Waals surface area contributed by atoms with Crippen LogP contribution in [-0.2, 0) is 11.4 Å². The normalized spacial score (nSPS) is 25.0. The monoisotopic (exact) mass is 366 g/mol. The average Bonchev–Trinajstić information content (AvgIpc) is 3.18. The number of halogens is 3. The lowest BCUT2D eigenvalue weighted by Crippen LogP contribution is -2.56. The average molecular weight is 367 g/mol. The van der Waals surface area contributed by atoms with Crippen LogP contribution in [0.5, 0.6) is 0 Å². The third-order valence-electron chi connectivity index (χ3n) is 5.10. The van der Waals surface area contributed by atoms with E-state index in [-0.39, 0.29) is 22.8 Å². The highest BCUT2D eigenvalue weighted by Gasteiger charge is 2.63. The van der Waals surface area contributed by atoms with Crippen LogP contribution >= 0.6 is 11.6 Å². The molecule has 1 atom stereocenters. The Labute approximate surface area is 148 Å². The molecule has 1 fully saturated rings. The number of hydrogen-bond donors (Lipinski definition) is 0. The molecule has 2 heterocycles. The zero-order valence-corrected chi connectivity index (χ0v) is 14.2. The summed E-state index contributed by atoms with van der Waals surface area (Å²) in [4.78, 5) is 9.52. The van der Waals surface area contributed by atoms with Crippen molar-refractivity contribution in [3.8, 4) is 0 Å². The van der Waals surface area contributed by atoms with E-state index in [0.717, 1.165) is 25.3 Å². The van der Waals surface area contributed by atoms with Crippen molar-refractivity contribution in [2.75, 3.05) is 0 Å². The van der Waals surface area contributed by atoms with Crippen LogP contribution < -0.4 is 0 Å². The van der Waals surface area contributed by atoms with E-state index in [4.69, 9.17) is 16.4 Å². The van der Waals surface area contributed by atoms with Crippen molar-refractivity contribution in [3.05, 3.63) is 47.3 Å². The molecule has 1 unspecified atom stereocenters. The van der Waals surface area contributed by atoms with E-state index >= 15 is 4.39 Å². The van der Waals surface area contributed by atoms with Crippen LogP contribution in [0.4, 0.5) is 8.78 Å². The van der Waals surface area contributed by atoms with E-state index in [1.54, 1.807) is 0 Å². The largest absolute Gasteiger partial charge is 0.385 e. The molecule has 0 N–H and O–H groups in total. The van der Waals surface area contributed by atoms with E-state index in [9.17, 15) is 4.39 Å². The highest BCUT2D eigenvalue weighted by atomic mass is 35.5. The van der Waals surface area contributed by atoms with Crippen LogP contribution in [0.2, 0.25) is 5.02 Å². The lowest BCUT2D eigenvalue weighted by Gasteiger charge is -2.40. The van der Waals surface area contributed by atoms with E-state index in [1.165, 1.54) is 29.5 Å². The molecular formula is C17H17ClF2N4O. The molecule has 0 radical (unpaired) electrons. The molecular weight excluding hydrogens is 350 g/mol. The number of hydrogen-bond acceptors (Lipinski definition) is 4. The van der Waals surface area contributed by atoms with Crippen LogP contribution in [-0.4, -0.2) is 31.7 Å². The molecule has 4 rings (SSSR count). The Hall–Kier alpha value is -2.02. The van der Waals surface area contributed by atoms with E-state index < -0.39 is 17.1 Å². The SMILES string of the molecule is Fc1cc(Cl)ccc1C1=NOC2(CCCCC2)C1(F)Cn1cncn1. The van der Waals surface area contributed by atoms with Gasteiger partial charge in [0.15, 0.2) is 5.60 Å². The van der Waals surface area contributed by atoms with Gasteiger partial charge in [0.25, 0.3) is 0 Å². The summed E-state index contributed by atoms with van der Waals surface area (Å²) in [7, 11) is 0. The molecule has 132 valence electrons. The minimum atomic E-state index is -2.00. The Morgan fingerprint density at radius 3 is 2.72 bits per heavy atom. The smallest absolute Gasteiger partial charge is 0.217 e. The number of alkyl halides is 1. The van der Waals surface area contributed by atoms with Gasteiger partial charge in [-0.05, 0) is 43.9 Å². The zero-order chi connectivity index (χ0) is 17.5. The quantitative estimate of drug-likeness (QED) is 0.827. The Morgan fingerprint density at radius 2 is 2.04 bits per heavy atom. The highest BCUT2D eigenvalue weighted by Crippen LogP contribution is 2.49. The molecule has 2 aromatic rings. The maximum Gasteiger partial charge on any atom is 0.217 e. The fourth-order valence-electron chi connectivity index (χ4n) is 3.80. The topological polar surface area (TPSA) is 52.3 Å². The van der Waals surface area contributed by atoms with Gasteiger partial charge in [0.05, 0.1) is 6.54 Å². The number of rotatable bonds is 3. The molecule has 2 aliphatic rings. The fourth-order valence-corrected chi connectivity index (χ4v) is 3.96. The Morgan fingerprint density at radius 1 is 1.24 bits per heavy atom. The van der Waals surface area contributed by atoms with E-state index in [1.807, 2.05) is 0 Å². The molecule has 0 amide bonds. The standard InChI is InChI=1S/C17H17ClF2N4O/c18-12-4-5-13(14(19)8-12)15-17(20,9-24-11-21-10-22-24)16(25-23-15)6-2-1-3-7-16/h4-5,8,10-11H,1-3,6-7,9H2. The molecule has 5 nitrogen and oxygen atoms in total. The lowest BCUT2D eigenvalue weighted by molar-refractivity contribution is -0.121. The summed E-state index contributed by atoms with van der Waals surface area (Å²) >= 11 is 5.82. The Bertz CT molecular complexity index is 805. The molecule has 1 aromatic carbocycles. The molecule has 1 aromatic heterocycles. The Balaban J connectivity index is 1.79. The molecule has 25 heavy (non-hydrogen) atoms. The first-order valence-corrected chi connectivity index (χ1v) is 8.65. The number of oxime groups is 1. The molecule has 8 heteroatoms. The van der Waals surface area contributed by atoms with Crippen LogP contribution in [0, 0.1) is 5.82 Å². The van der Waals surface area contributed by atoms with Gasteiger partial charge >= 0.3 is 0 Å². The summed E-state index contributed by atoms with van der Waals surface area (Å²) in [5.41, 5.74) is -3.08. The third-order valence-corrected chi connectivity index (χ3v) is 5.34. The van der Waals surface area contributed by atoms with Crippen molar-refractivity contribution in [2.24, 2.45) is 5.16 Å². The summed E-state index contributed by atoms with van der Waals surface area (Å²) in [6.07, 6.45) is 6.54. The second kappa shape index (κ2) is 6.05. The van der Waals surface area contributed by atoms with Gasteiger partial charge in [-0.2, -0.15) is 5.10 Å². The van der Waals surface area contributed by atoms with Gasteiger partial charge in [-0.1, -0.05) is 23.2 Å². The van der Waals surface area contributed by atoms with Gasteiger partial charge < -0.3 is 4.84 Å². The molecule has 0 saturated heterocycles. The van der Waals surface area contributed by atoms with Crippen molar-refractivity contribution in [2.45, 2.75) is 49.9 Å². The van der Waals surface area contributed by atoms with E-state index in [2.05, 4.69) is 15.2 Å². The molecule has 1 aliphatic carbocycles. The minimum Gasteiger partial charge on any atom is -0.385 e. The maximum absolute atomic E-state index is 16.5. The van der Waals surface area contributed by atoms with Gasteiger partial charge in [-0.15, -0.1) is 0 Å². The zero-order valence-electron chi connectivity index (χ0n) is 13.5. The number of nitrogens with zero attached hydrogens (tertiary/aromatic N) is 4. The second-order valence-electron chi connectivity index (χ2n) is 6.60. The first kappa shape index (κ1) is 16.4. The van der Waals surface area contributed by atoms with Crippen LogP contribution in [0.15, 0.2) is 36.0 Å². The molecule has 1 spiro atoms. The van der Waals surface area contributed by atoms with Gasteiger partial charge in [-0.25, -0.2) is 18.4 Å². The van der Waals surface area contributed by atoms with Crippen molar-refractivity contribution in [1.29, 1.82) is 0 Å². The van der Waals surface area contributed by atoms with E-state index in [0.29, 0.717) is 12.8 Å². The van der Waals surface area contributed by atoms with Gasteiger partial charge in [0.1, 0.15) is 24.2 Å². The molecule has 1 aliphatic heterocycles. The summed E-state index contributed by atoms with van der Waals surface area (Å²) in [6, 6.07) is 4.11. The fraction of sp³-hybridized carbons (Fsp3) is 0.471. The van der Waals surface area contributed by atoms with Crippen LogP contribution in [0.1, 0.15) is 37.7 Å². The van der Waals surface area contributed by atoms with Gasteiger partial charge in [-0.3, -0.25) is 0 Å². The molecule has 0 bridgehead atoms. The minimum absolute atomic E-state index is 0.0425. The van der Waals surface area contributed by atoms with Gasteiger partial charge in [0.2, 0.25) is 5.67 Å².